The van der Waals surface area contributed by atoms with Crippen LogP contribution in [0.1, 0.15) is 25.0 Å². The lowest BCUT2D eigenvalue weighted by Crippen LogP contribution is -2.06. The quantitative estimate of drug-likeness (QED) is 0.490. The first kappa shape index (κ1) is 16.5. The Kier molecular flexibility index (Phi) is 5.14. The Balaban J connectivity index is 1.91. The maximum absolute atomic E-state index is 10.8. The topological polar surface area (TPSA) is 93.5 Å². The van der Waals surface area contributed by atoms with Crippen LogP contribution in [-0.4, -0.2) is 37.9 Å². The summed E-state index contributed by atoms with van der Waals surface area (Å²) in [5.74, 6) is 0.639. The fourth-order valence-electron chi connectivity index (χ4n) is 2.48. The Hall–Kier alpha value is -2.35. The average Bonchev–Trinajstić information content (AvgIpc) is 3.17. The molecule has 8 heteroatoms. The fraction of sp³-hybridized carbons (Fsp3) is 0.375. The number of carbonyl (C=O) groups is 1. The van der Waals surface area contributed by atoms with Gasteiger partial charge in [0, 0.05) is 6.21 Å². The molecule has 0 saturated heterocycles. The van der Waals surface area contributed by atoms with E-state index in [4.69, 9.17) is 9.52 Å². The number of carboxylic acid groups (broad SMARTS) is 1. The van der Waals surface area contributed by atoms with Crippen LogP contribution in [0.4, 0.5) is 0 Å². The van der Waals surface area contributed by atoms with Gasteiger partial charge in [-0.05, 0) is 38.2 Å². The third-order valence-corrected chi connectivity index (χ3v) is 4.64. The number of aryl methyl sites for hydroxylation is 1. The minimum atomic E-state index is -0.906. The molecule has 1 aliphatic carbocycles. The minimum absolute atomic E-state index is 0.0931. The average molecular weight is 346 g/mol. The van der Waals surface area contributed by atoms with Crippen LogP contribution in [0.5, 0.6) is 0 Å². The predicted molar refractivity (Wildman–Crippen MR) is 91.2 cm³/mol. The highest BCUT2D eigenvalue weighted by Crippen LogP contribution is 2.27. The molecular weight excluding hydrogens is 328 g/mol. The van der Waals surface area contributed by atoms with Crippen LogP contribution in [-0.2, 0) is 4.79 Å². The molecule has 1 unspecified atom stereocenters. The normalized spacial score (nSPS) is 17.6. The maximum Gasteiger partial charge on any atom is 0.313 e. The molecule has 1 atom stereocenters. The van der Waals surface area contributed by atoms with E-state index < -0.39 is 5.97 Å². The lowest BCUT2D eigenvalue weighted by atomic mass is 9.96. The first-order chi connectivity index (χ1) is 11.6. The standard InChI is InChI=1S/C16H18N4O3S/c1-11-13(7-8-23-11)15-18-19-16(24-10-14(21)22)20(15)17-9-12-5-3-2-4-6-12/h2-3,7-9,12H,4-6,10H2,1H3,(H,21,22). The van der Waals surface area contributed by atoms with Gasteiger partial charge >= 0.3 is 5.97 Å². The summed E-state index contributed by atoms with van der Waals surface area (Å²) < 4.78 is 6.93. The fourth-order valence-corrected chi connectivity index (χ4v) is 3.09. The number of rotatable bonds is 6. The lowest BCUT2D eigenvalue weighted by Gasteiger charge is -2.12. The van der Waals surface area contributed by atoms with Gasteiger partial charge in [0.05, 0.1) is 17.6 Å². The first-order valence-electron chi connectivity index (χ1n) is 7.69. The molecule has 24 heavy (non-hydrogen) atoms. The van der Waals surface area contributed by atoms with Crippen LogP contribution in [0.15, 0.2) is 39.2 Å². The molecule has 0 radical (unpaired) electrons. The van der Waals surface area contributed by atoms with Gasteiger partial charge in [-0.3, -0.25) is 4.79 Å². The zero-order valence-corrected chi connectivity index (χ0v) is 14.1. The van der Waals surface area contributed by atoms with Crippen molar-refractivity contribution >= 4 is 23.9 Å². The number of thioether (sulfide) groups is 1. The van der Waals surface area contributed by atoms with Crippen LogP contribution in [0.2, 0.25) is 0 Å². The van der Waals surface area contributed by atoms with Gasteiger partial charge in [0.2, 0.25) is 5.16 Å². The van der Waals surface area contributed by atoms with E-state index in [1.165, 1.54) is 0 Å². The van der Waals surface area contributed by atoms with Crippen LogP contribution in [0.25, 0.3) is 11.4 Å². The number of aromatic nitrogens is 3. The van der Waals surface area contributed by atoms with E-state index in [1.54, 1.807) is 17.0 Å². The molecule has 0 aromatic carbocycles. The van der Waals surface area contributed by atoms with Gasteiger partial charge in [0.15, 0.2) is 5.82 Å². The highest BCUT2D eigenvalue weighted by molar-refractivity contribution is 7.99. The Morgan fingerprint density at radius 2 is 2.42 bits per heavy atom. The van der Waals surface area contributed by atoms with Gasteiger partial charge in [-0.15, -0.1) is 10.2 Å². The Bertz CT molecular complexity index is 778. The molecule has 2 aromatic rings. The second-order valence-corrected chi connectivity index (χ2v) is 6.44. The molecule has 2 aromatic heterocycles. The van der Waals surface area contributed by atoms with Gasteiger partial charge < -0.3 is 9.52 Å². The third kappa shape index (κ3) is 3.76. The van der Waals surface area contributed by atoms with Crippen molar-refractivity contribution in [2.45, 2.75) is 31.3 Å². The van der Waals surface area contributed by atoms with E-state index in [0.29, 0.717) is 22.7 Å². The summed E-state index contributed by atoms with van der Waals surface area (Å²) in [7, 11) is 0. The second kappa shape index (κ2) is 7.48. The number of aliphatic carboxylic acids is 1. The molecule has 0 spiro atoms. The number of hydrogen-bond acceptors (Lipinski definition) is 6. The summed E-state index contributed by atoms with van der Waals surface area (Å²) in [6.45, 7) is 1.84. The van der Waals surface area contributed by atoms with Crippen molar-refractivity contribution in [3.8, 4) is 11.4 Å². The van der Waals surface area contributed by atoms with E-state index in [-0.39, 0.29) is 5.75 Å². The summed E-state index contributed by atoms with van der Waals surface area (Å²) >= 11 is 1.10. The Morgan fingerprint density at radius 1 is 1.54 bits per heavy atom. The summed E-state index contributed by atoms with van der Waals surface area (Å²) in [5.41, 5.74) is 0.797. The smallest absolute Gasteiger partial charge is 0.313 e. The van der Waals surface area contributed by atoms with Crippen molar-refractivity contribution in [1.82, 2.24) is 14.9 Å². The third-order valence-electron chi connectivity index (χ3n) is 3.74. The van der Waals surface area contributed by atoms with E-state index in [9.17, 15) is 4.79 Å². The molecule has 0 aliphatic heterocycles. The molecule has 1 aliphatic rings. The zero-order valence-electron chi connectivity index (χ0n) is 13.3. The van der Waals surface area contributed by atoms with Crippen LogP contribution in [0.3, 0.4) is 0 Å². The largest absolute Gasteiger partial charge is 0.481 e. The predicted octanol–water partition coefficient (Wildman–Crippen LogP) is 3.21. The van der Waals surface area contributed by atoms with E-state index in [2.05, 4.69) is 27.5 Å². The number of furan rings is 1. The molecule has 3 rings (SSSR count). The van der Waals surface area contributed by atoms with Gasteiger partial charge in [-0.2, -0.15) is 9.78 Å². The number of hydrogen-bond donors (Lipinski definition) is 1. The second-order valence-electron chi connectivity index (χ2n) is 5.50. The molecule has 0 fully saturated rings. The lowest BCUT2D eigenvalue weighted by molar-refractivity contribution is -0.133. The highest BCUT2D eigenvalue weighted by Gasteiger charge is 2.18. The van der Waals surface area contributed by atoms with Gasteiger partial charge in [-0.1, -0.05) is 23.9 Å². The summed E-state index contributed by atoms with van der Waals surface area (Å²) in [5, 5.41) is 22.2. The molecule has 7 nitrogen and oxygen atoms in total. The number of nitrogens with zero attached hydrogens (tertiary/aromatic N) is 4. The van der Waals surface area contributed by atoms with E-state index in [1.807, 2.05) is 13.1 Å². The molecule has 0 bridgehead atoms. The Morgan fingerprint density at radius 3 is 3.08 bits per heavy atom. The summed E-state index contributed by atoms with van der Waals surface area (Å²) in [4.78, 5) is 10.8. The molecule has 2 heterocycles. The number of allylic oxidation sites excluding steroid dienone is 2. The molecular formula is C16H18N4O3S. The number of carboxylic acids is 1. The van der Waals surface area contributed by atoms with Crippen molar-refractivity contribution in [2.75, 3.05) is 5.75 Å². The zero-order chi connectivity index (χ0) is 16.9. The minimum Gasteiger partial charge on any atom is -0.481 e. The monoisotopic (exact) mass is 346 g/mol. The molecule has 126 valence electrons. The Labute approximate surface area is 143 Å². The van der Waals surface area contributed by atoms with E-state index in [0.717, 1.165) is 36.6 Å². The summed E-state index contributed by atoms with van der Waals surface area (Å²) in [6.07, 6.45) is 10.9. The van der Waals surface area contributed by atoms with Crippen molar-refractivity contribution in [2.24, 2.45) is 11.0 Å². The highest BCUT2D eigenvalue weighted by atomic mass is 32.2. The maximum atomic E-state index is 10.8. The molecule has 0 amide bonds. The van der Waals surface area contributed by atoms with Gasteiger partial charge in [0.25, 0.3) is 0 Å². The van der Waals surface area contributed by atoms with Gasteiger partial charge in [-0.25, -0.2) is 0 Å². The van der Waals surface area contributed by atoms with Crippen molar-refractivity contribution < 1.29 is 14.3 Å². The van der Waals surface area contributed by atoms with Crippen molar-refractivity contribution in [1.29, 1.82) is 0 Å². The summed E-state index contributed by atoms with van der Waals surface area (Å²) in [6, 6.07) is 1.81. The molecule has 1 N–H and O–H groups in total. The molecule has 0 saturated carbocycles. The van der Waals surface area contributed by atoms with Gasteiger partial charge in [0.1, 0.15) is 5.76 Å². The SMILES string of the molecule is Cc1occc1-c1nnc(SCC(=O)O)n1N=CC1CC=CCC1. The van der Waals surface area contributed by atoms with Crippen LogP contribution < -0.4 is 0 Å². The van der Waals surface area contributed by atoms with E-state index >= 15 is 0 Å². The van der Waals surface area contributed by atoms with Crippen molar-refractivity contribution in [3.05, 3.63) is 30.2 Å². The van der Waals surface area contributed by atoms with Crippen molar-refractivity contribution in [3.63, 3.8) is 0 Å². The first-order valence-corrected chi connectivity index (χ1v) is 8.67. The van der Waals surface area contributed by atoms with Crippen LogP contribution >= 0.6 is 11.8 Å². The van der Waals surface area contributed by atoms with Crippen LogP contribution in [0, 0.1) is 12.8 Å².